The molecule has 0 saturated carbocycles. The molecule has 0 atom stereocenters. The largest absolute Gasteiger partial charge is 0.319 e. The number of nitrogens with one attached hydrogen (secondary N) is 1. The van der Waals surface area contributed by atoms with Gasteiger partial charge in [-0.3, -0.25) is 0 Å². The molecule has 0 fully saturated rings. The average Bonchev–Trinajstić information content (AvgIpc) is 2.51. The highest BCUT2D eigenvalue weighted by atomic mass is 32.2. The van der Waals surface area contributed by atoms with Crippen LogP contribution in [0.2, 0.25) is 0 Å². The SMILES string of the molecule is CNCCc1nc(C)c2c(n1)CCSCC2. The monoisotopic (exact) mass is 237 g/mol. The van der Waals surface area contributed by atoms with E-state index in [1.165, 1.54) is 28.5 Å². The summed E-state index contributed by atoms with van der Waals surface area (Å²) >= 11 is 2.02. The van der Waals surface area contributed by atoms with Crippen LogP contribution in [0.4, 0.5) is 0 Å². The maximum atomic E-state index is 4.71. The summed E-state index contributed by atoms with van der Waals surface area (Å²) in [6, 6.07) is 0. The summed E-state index contributed by atoms with van der Waals surface area (Å²) in [7, 11) is 1.97. The molecule has 0 radical (unpaired) electrons. The second-order valence-corrected chi connectivity index (χ2v) is 5.34. The topological polar surface area (TPSA) is 37.8 Å². The van der Waals surface area contributed by atoms with Crippen LogP contribution in [0.1, 0.15) is 22.8 Å². The predicted molar refractivity (Wildman–Crippen MR) is 69.1 cm³/mol. The molecule has 1 N–H and O–H groups in total. The highest BCUT2D eigenvalue weighted by Crippen LogP contribution is 2.20. The van der Waals surface area contributed by atoms with Crippen molar-refractivity contribution in [1.82, 2.24) is 15.3 Å². The first-order chi connectivity index (χ1) is 7.81. The van der Waals surface area contributed by atoms with Crippen molar-refractivity contribution in [3.63, 3.8) is 0 Å². The van der Waals surface area contributed by atoms with Crippen molar-refractivity contribution in [2.24, 2.45) is 0 Å². The quantitative estimate of drug-likeness (QED) is 0.862. The molecule has 0 saturated heterocycles. The van der Waals surface area contributed by atoms with Gasteiger partial charge in [-0.15, -0.1) is 0 Å². The van der Waals surface area contributed by atoms with E-state index in [2.05, 4.69) is 17.2 Å². The summed E-state index contributed by atoms with van der Waals surface area (Å²) in [6.07, 6.45) is 3.17. The first kappa shape index (κ1) is 11.9. The van der Waals surface area contributed by atoms with Crippen molar-refractivity contribution >= 4 is 11.8 Å². The number of nitrogens with zero attached hydrogens (tertiary/aromatic N) is 2. The van der Waals surface area contributed by atoms with Crippen molar-refractivity contribution < 1.29 is 0 Å². The van der Waals surface area contributed by atoms with E-state index in [1.807, 2.05) is 18.8 Å². The van der Waals surface area contributed by atoms with Gasteiger partial charge in [0.05, 0.1) is 0 Å². The number of rotatable bonds is 3. The Bertz CT molecular complexity index is 366. The van der Waals surface area contributed by atoms with Crippen molar-refractivity contribution in [2.75, 3.05) is 25.1 Å². The van der Waals surface area contributed by atoms with E-state index in [0.29, 0.717) is 0 Å². The van der Waals surface area contributed by atoms with Crippen molar-refractivity contribution in [2.45, 2.75) is 26.2 Å². The lowest BCUT2D eigenvalue weighted by atomic mass is 10.1. The number of hydrogen-bond donors (Lipinski definition) is 1. The summed E-state index contributed by atoms with van der Waals surface area (Å²) in [5, 5.41) is 3.14. The zero-order valence-corrected chi connectivity index (χ0v) is 10.9. The Balaban J connectivity index is 2.24. The average molecular weight is 237 g/mol. The fourth-order valence-corrected chi connectivity index (χ4v) is 2.93. The summed E-state index contributed by atoms with van der Waals surface area (Å²) in [4.78, 5) is 9.31. The van der Waals surface area contributed by atoms with Crippen LogP contribution >= 0.6 is 11.8 Å². The van der Waals surface area contributed by atoms with Gasteiger partial charge in [0.25, 0.3) is 0 Å². The minimum Gasteiger partial charge on any atom is -0.319 e. The third kappa shape index (κ3) is 2.74. The second-order valence-electron chi connectivity index (χ2n) is 4.12. The van der Waals surface area contributed by atoms with Crippen LogP contribution in [0.25, 0.3) is 0 Å². The zero-order chi connectivity index (χ0) is 11.4. The first-order valence-corrected chi connectivity index (χ1v) is 7.04. The molecule has 0 bridgehead atoms. The number of hydrogen-bond acceptors (Lipinski definition) is 4. The van der Waals surface area contributed by atoms with Crippen molar-refractivity contribution in [3.8, 4) is 0 Å². The minimum atomic E-state index is 0.928. The Morgan fingerprint density at radius 1 is 1.25 bits per heavy atom. The lowest BCUT2D eigenvalue weighted by Crippen LogP contribution is -2.15. The van der Waals surface area contributed by atoms with Gasteiger partial charge in [-0.05, 0) is 43.9 Å². The predicted octanol–water partition coefficient (Wildman–Crippen LogP) is 1.38. The van der Waals surface area contributed by atoms with Gasteiger partial charge in [0.2, 0.25) is 0 Å². The van der Waals surface area contributed by atoms with E-state index in [4.69, 9.17) is 4.98 Å². The maximum Gasteiger partial charge on any atom is 0.130 e. The number of fused-ring (bicyclic) bond motifs is 1. The Kier molecular flexibility index (Phi) is 4.18. The number of aromatic nitrogens is 2. The van der Waals surface area contributed by atoms with Crippen LogP contribution in [0, 0.1) is 6.92 Å². The normalized spacial score (nSPS) is 15.6. The van der Waals surface area contributed by atoms with Crippen LogP contribution in [0.5, 0.6) is 0 Å². The third-order valence-electron chi connectivity index (χ3n) is 2.92. The molecule has 0 unspecified atom stereocenters. The minimum absolute atomic E-state index is 0.928. The fourth-order valence-electron chi connectivity index (χ4n) is 2.04. The Labute approximate surface area is 101 Å². The molecule has 0 aromatic carbocycles. The molecule has 1 aromatic heterocycles. The molecule has 16 heavy (non-hydrogen) atoms. The molecule has 1 aliphatic heterocycles. The van der Waals surface area contributed by atoms with Crippen molar-refractivity contribution in [1.29, 1.82) is 0 Å². The maximum absolute atomic E-state index is 4.71. The molecular formula is C12H19N3S. The van der Waals surface area contributed by atoms with E-state index >= 15 is 0 Å². The van der Waals surface area contributed by atoms with Crippen molar-refractivity contribution in [3.05, 3.63) is 22.8 Å². The highest BCUT2D eigenvalue weighted by Gasteiger charge is 2.14. The molecule has 88 valence electrons. The Hall–Kier alpha value is -0.610. The second kappa shape index (κ2) is 5.64. The number of likely N-dealkylation sites (N-methyl/N-ethyl adjacent to an activating group) is 1. The summed E-state index contributed by atoms with van der Waals surface area (Å²) in [5.41, 5.74) is 3.89. The van der Waals surface area contributed by atoms with Gasteiger partial charge in [0, 0.05) is 24.4 Å². The summed E-state index contributed by atoms with van der Waals surface area (Å²) in [6.45, 7) is 3.08. The lowest BCUT2D eigenvalue weighted by Gasteiger charge is -2.10. The van der Waals surface area contributed by atoms with Crippen LogP contribution in [0.15, 0.2) is 0 Å². The fraction of sp³-hybridized carbons (Fsp3) is 0.667. The highest BCUT2D eigenvalue weighted by molar-refractivity contribution is 7.99. The van der Waals surface area contributed by atoms with E-state index in [-0.39, 0.29) is 0 Å². The van der Waals surface area contributed by atoms with Gasteiger partial charge in [-0.25, -0.2) is 9.97 Å². The van der Waals surface area contributed by atoms with Gasteiger partial charge in [0.15, 0.2) is 0 Å². The molecule has 3 nitrogen and oxygen atoms in total. The van der Waals surface area contributed by atoms with Gasteiger partial charge in [-0.2, -0.15) is 11.8 Å². The molecule has 1 aromatic rings. The number of thioether (sulfide) groups is 1. The van der Waals surface area contributed by atoms with Crippen LogP contribution in [0.3, 0.4) is 0 Å². The van der Waals surface area contributed by atoms with Gasteiger partial charge in [-0.1, -0.05) is 0 Å². The van der Waals surface area contributed by atoms with E-state index in [9.17, 15) is 0 Å². The molecule has 0 aliphatic carbocycles. The Morgan fingerprint density at radius 2 is 2.06 bits per heavy atom. The molecule has 2 rings (SSSR count). The molecule has 2 heterocycles. The number of aryl methyl sites for hydroxylation is 2. The van der Waals surface area contributed by atoms with E-state index < -0.39 is 0 Å². The first-order valence-electron chi connectivity index (χ1n) is 5.89. The zero-order valence-electron chi connectivity index (χ0n) is 10.0. The van der Waals surface area contributed by atoms with Crippen LogP contribution < -0.4 is 5.32 Å². The summed E-state index contributed by atoms with van der Waals surface area (Å²) in [5.74, 6) is 3.42. The molecule has 1 aliphatic rings. The van der Waals surface area contributed by atoms with Gasteiger partial charge >= 0.3 is 0 Å². The summed E-state index contributed by atoms with van der Waals surface area (Å²) < 4.78 is 0. The standard InChI is InChI=1S/C12H19N3S/c1-9-10-4-7-16-8-5-11(10)15-12(14-9)3-6-13-2/h13H,3-8H2,1-2H3. The van der Waals surface area contributed by atoms with Crippen LogP contribution in [-0.2, 0) is 19.3 Å². The van der Waals surface area contributed by atoms with E-state index in [0.717, 1.165) is 31.6 Å². The van der Waals surface area contributed by atoms with Gasteiger partial charge in [0.1, 0.15) is 5.82 Å². The van der Waals surface area contributed by atoms with Crippen LogP contribution in [-0.4, -0.2) is 35.1 Å². The van der Waals surface area contributed by atoms with Gasteiger partial charge < -0.3 is 5.32 Å². The molecule has 0 amide bonds. The molecular weight excluding hydrogens is 218 g/mol. The molecule has 4 heteroatoms. The lowest BCUT2D eigenvalue weighted by molar-refractivity contribution is 0.738. The van der Waals surface area contributed by atoms with E-state index in [1.54, 1.807) is 0 Å². The Morgan fingerprint density at radius 3 is 2.88 bits per heavy atom. The third-order valence-corrected chi connectivity index (χ3v) is 3.91. The smallest absolute Gasteiger partial charge is 0.130 e. The molecule has 0 spiro atoms.